The lowest BCUT2D eigenvalue weighted by Gasteiger charge is -2.03. The molecule has 1 aromatic carbocycles. The van der Waals surface area contributed by atoms with E-state index in [-0.39, 0.29) is 17.0 Å². The standard InChI is InChI=1S/C18H17N5S.BrH/c1-11-7-8-23-16(9-11)20-12(2)17(23)15-10-24-18(22-15)21-14-5-3-13(19)4-6-14;/h3-10H,19H2,1-2H3,(H,21,22);1H. The molecule has 0 fully saturated rings. The first-order valence-corrected chi connectivity index (χ1v) is 8.52. The zero-order chi connectivity index (χ0) is 16.7. The van der Waals surface area contributed by atoms with Crippen molar-refractivity contribution in [3.05, 3.63) is 59.2 Å². The highest BCUT2D eigenvalue weighted by Crippen LogP contribution is 2.30. The highest BCUT2D eigenvalue weighted by Gasteiger charge is 2.14. The number of pyridine rings is 1. The number of hydrogen-bond donors (Lipinski definition) is 2. The van der Waals surface area contributed by atoms with E-state index in [1.807, 2.05) is 37.4 Å². The normalized spacial score (nSPS) is 10.6. The smallest absolute Gasteiger partial charge is 0.187 e. The summed E-state index contributed by atoms with van der Waals surface area (Å²) in [6.07, 6.45) is 2.05. The van der Waals surface area contributed by atoms with E-state index in [1.54, 1.807) is 11.3 Å². The molecule has 4 aromatic rings. The Labute approximate surface area is 160 Å². The molecule has 25 heavy (non-hydrogen) atoms. The van der Waals surface area contributed by atoms with Gasteiger partial charge in [0.1, 0.15) is 11.3 Å². The van der Waals surface area contributed by atoms with Gasteiger partial charge in [-0.2, -0.15) is 0 Å². The molecule has 5 nitrogen and oxygen atoms in total. The van der Waals surface area contributed by atoms with Gasteiger partial charge in [-0.05, 0) is 55.8 Å². The van der Waals surface area contributed by atoms with Crippen LogP contribution in [-0.4, -0.2) is 14.4 Å². The lowest BCUT2D eigenvalue weighted by atomic mass is 10.2. The largest absolute Gasteiger partial charge is 0.399 e. The molecule has 0 radical (unpaired) electrons. The molecule has 0 atom stereocenters. The van der Waals surface area contributed by atoms with Crippen molar-refractivity contribution in [2.45, 2.75) is 13.8 Å². The summed E-state index contributed by atoms with van der Waals surface area (Å²) in [5.41, 5.74) is 12.5. The number of halogens is 1. The summed E-state index contributed by atoms with van der Waals surface area (Å²) in [7, 11) is 0. The summed E-state index contributed by atoms with van der Waals surface area (Å²) in [6.45, 7) is 4.09. The number of nitrogen functional groups attached to an aromatic ring is 1. The van der Waals surface area contributed by atoms with Gasteiger partial charge in [-0.15, -0.1) is 28.3 Å². The average molecular weight is 416 g/mol. The van der Waals surface area contributed by atoms with Gasteiger partial charge in [0.2, 0.25) is 0 Å². The molecular formula is C18H18BrN5S. The van der Waals surface area contributed by atoms with Gasteiger partial charge < -0.3 is 11.1 Å². The van der Waals surface area contributed by atoms with E-state index in [2.05, 4.69) is 39.1 Å². The van der Waals surface area contributed by atoms with Crippen LogP contribution >= 0.6 is 28.3 Å². The number of rotatable bonds is 3. The number of fused-ring (bicyclic) bond motifs is 1. The molecule has 0 bridgehead atoms. The van der Waals surface area contributed by atoms with Gasteiger partial charge in [-0.25, -0.2) is 9.97 Å². The molecule has 0 spiro atoms. The van der Waals surface area contributed by atoms with Crippen LogP contribution < -0.4 is 11.1 Å². The topological polar surface area (TPSA) is 68.2 Å². The van der Waals surface area contributed by atoms with Gasteiger partial charge >= 0.3 is 0 Å². The van der Waals surface area contributed by atoms with E-state index in [9.17, 15) is 0 Å². The van der Waals surface area contributed by atoms with Crippen LogP contribution in [0, 0.1) is 13.8 Å². The van der Waals surface area contributed by atoms with Crippen LogP contribution in [0.15, 0.2) is 48.0 Å². The van der Waals surface area contributed by atoms with Crippen LogP contribution in [0.5, 0.6) is 0 Å². The predicted molar refractivity (Wildman–Crippen MR) is 110 cm³/mol. The van der Waals surface area contributed by atoms with Crippen LogP contribution in [0.25, 0.3) is 17.0 Å². The molecule has 4 rings (SSSR count). The van der Waals surface area contributed by atoms with Gasteiger partial charge in [0.05, 0.1) is 11.4 Å². The fraction of sp³-hybridized carbons (Fsp3) is 0.111. The lowest BCUT2D eigenvalue weighted by molar-refractivity contribution is 1.16. The molecule has 0 saturated heterocycles. The minimum absolute atomic E-state index is 0. The number of anilines is 3. The fourth-order valence-electron chi connectivity index (χ4n) is 2.70. The summed E-state index contributed by atoms with van der Waals surface area (Å²) in [6, 6.07) is 11.8. The molecule has 128 valence electrons. The maximum Gasteiger partial charge on any atom is 0.187 e. The van der Waals surface area contributed by atoms with Crippen molar-refractivity contribution in [2.75, 3.05) is 11.1 Å². The number of benzene rings is 1. The van der Waals surface area contributed by atoms with Crippen molar-refractivity contribution in [1.82, 2.24) is 14.4 Å². The second kappa shape index (κ2) is 6.85. The minimum atomic E-state index is 0. The average Bonchev–Trinajstić information content (AvgIpc) is 3.12. The first-order valence-electron chi connectivity index (χ1n) is 7.64. The Morgan fingerprint density at radius 3 is 2.60 bits per heavy atom. The van der Waals surface area contributed by atoms with Crippen LogP contribution in [0.1, 0.15) is 11.3 Å². The van der Waals surface area contributed by atoms with Crippen molar-refractivity contribution in [1.29, 1.82) is 0 Å². The van der Waals surface area contributed by atoms with Crippen molar-refractivity contribution in [3.8, 4) is 11.4 Å². The van der Waals surface area contributed by atoms with Gasteiger partial charge in [0.25, 0.3) is 0 Å². The minimum Gasteiger partial charge on any atom is -0.399 e. The number of imidazole rings is 1. The maximum atomic E-state index is 5.72. The lowest BCUT2D eigenvalue weighted by Crippen LogP contribution is -1.92. The molecule has 0 aliphatic heterocycles. The molecule has 3 heterocycles. The van der Waals surface area contributed by atoms with Crippen molar-refractivity contribution in [2.24, 2.45) is 0 Å². The van der Waals surface area contributed by atoms with Crippen molar-refractivity contribution in [3.63, 3.8) is 0 Å². The number of nitrogens with one attached hydrogen (secondary N) is 1. The molecule has 3 aromatic heterocycles. The molecule has 0 amide bonds. The second-order valence-electron chi connectivity index (χ2n) is 5.76. The Morgan fingerprint density at radius 2 is 1.84 bits per heavy atom. The van der Waals surface area contributed by atoms with Crippen molar-refractivity contribution >= 4 is 50.5 Å². The van der Waals surface area contributed by atoms with Gasteiger partial charge in [-0.3, -0.25) is 4.40 Å². The second-order valence-corrected chi connectivity index (χ2v) is 6.62. The molecule has 0 aliphatic rings. The quantitative estimate of drug-likeness (QED) is 0.463. The molecule has 3 N–H and O–H groups in total. The van der Waals surface area contributed by atoms with Gasteiger partial charge in [0.15, 0.2) is 5.13 Å². The highest BCUT2D eigenvalue weighted by atomic mass is 79.9. The van der Waals surface area contributed by atoms with E-state index >= 15 is 0 Å². The van der Waals surface area contributed by atoms with E-state index in [0.717, 1.165) is 39.2 Å². The van der Waals surface area contributed by atoms with Crippen LogP contribution in [0.3, 0.4) is 0 Å². The summed E-state index contributed by atoms with van der Waals surface area (Å²) >= 11 is 1.57. The third-order valence-corrected chi connectivity index (χ3v) is 4.62. The molecule has 0 aliphatic carbocycles. The van der Waals surface area contributed by atoms with Crippen molar-refractivity contribution < 1.29 is 0 Å². The summed E-state index contributed by atoms with van der Waals surface area (Å²) in [5, 5.41) is 6.21. The van der Waals surface area contributed by atoms with Gasteiger partial charge in [-0.1, -0.05) is 0 Å². The van der Waals surface area contributed by atoms with E-state index in [1.165, 1.54) is 5.56 Å². The zero-order valence-corrected chi connectivity index (χ0v) is 16.4. The first kappa shape index (κ1) is 17.4. The Balaban J connectivity index is 0.00000182. The molecular weight excluding hydrogens is 398 g/mol. The third-order valence-electron chi connectivity index (χ3n) is 3.86. The summed E-state index contributed by atoms with van der Waals surface area (Å²) < 4.78 is 2.09. The predicted octanol–water partition coefficient (Wildman–Crippen LogP) is 4.98. The number of nitrogens with zero attached hydrogens (tertiary/aromatic N) is 3. The Kier molecular flexibility index (Phi) is 4.78. The summed E-state index contributed by atoms with van der Waals surface area (Å²) in [4.78, 5) is 9.37. The summed E-state index contributed by atoms with van der Waals surface area (Å²) in [5.74, 6) is 0. The third kappa shape index (κ3) is 3.38. The number of thiazole rings is 1. The van der Waals surface area contributed by atoms with Crippen LogP contribution in [0.2, 0.25) is 0 Å². The number of aromatic nitrogens is 3. The Morgan fingerprint density at radius 1 is 1.08 bits per heavy atom. The van der Waals surface area contributed by atoms with Gasteiger partial charge in [0, 0.05) is 23.0 Å². The molecule has 7 heteroatoms. The maximum absolute atomic E-state index is 5.72. The SMILES string of the molecule is Br.Cc1ccn2c(-c3csc(Nc4ccc(N)cc4)n3)c(C)nc2c1. The Bertz CT molecular complexity index is 1020. The number of nitrogens with two attached hydrogens (primary N) is 1. The van der Waals surface area contributed by atoms with E-state index < -0.39 is 0 Å². The molecule has 0 saturated carbocycles. The highest BCUT2D eigenvalue weighted by molar-refractivity contribution is 8.93. The monoisotopic (exact) mass is 415 g/mol. The van der Waals surface area contributed by atoms with Crippen LogP contribution in [-0.2, 0) is 0 Å². The van der Waals surface area contributed by atoms with E-state index in [0.29, 0.717) is 0 Å². The number of aryl methyl sites for hydroxylation is 2. The fourth-order valence-corrected chi connectivity index (χ4v) is 3.42. The Hall–Kier alpha value is -2.38. The first-order chi connectivity index (χ1) is 11.6. The zero-order valence-electron chi connectivity index (χ0n) is 13.9. The van der Waals surface area contributed by atoms with Crippen LogP contribution in [0.4, 0.5) is 16.5 Å². The van der Waals surface area contributed by atoms with E-state index in [4.69, 9.17) is 10.7 Å². The number of hydrogen-bond acceptors (Lipinski definition) is 5. The molecule has 0 unspecified atom stereocenters.